The molecule has 15 heavy (non-hydrogen) atoms. The smallest absolute Gasteiger partial charge is 0.123 e. The van der Waals surface area contributed by atoms with E-state index in [-0.39, 0.29) is 5.41 Å². The molecule has 2 rings (SSSR count). The minimum absolute atomic E-state index is 0.235. The number of hydrogen-bond donors (Lipinski definition) is 0. The van der Waals surface area contributed by atoms with Crippen molar-refractivity contribution >= 4 is 25.0 Å². The summed E-state index contributed by atoms with van der Waals surface area (Å²) >= 11 is 3.45. The Kier molecular flexibility index (Phi) is 3.04. The minimum Gasteiger partial charge on any atom is -0.493 e. The van der Waals surface area contributed by atoms with E-state index in [1.807, 2.05) is 0 Å². The van der Waals surface area contributed by atoms with Gasteiger partial charge in [0, 0.05) is 10.5 Å². The number of hydrogen-bond acceptors (Lipinski definition) is 2. The van der Waals surface area contributed by atoms with Crippen molar-refractivity contribution in [2.75, 3.05) is 6.61 Å². The third-order valence-electron chi connectivity index (χ3n) is 3.07. The van der Waals surface area contributed by atoms with Crippen LogP contribution in [-0.4, -0.2) is 6.61 Å². The molecule has 1 heterocycles. The van der Waals surface area contributed by atoms with Gasteiger partial charge in [-0.1, -0.05) is 13.8 Å². The fourth-order valence-corrected chi connectivity index (χ4v) is 3.33. The average molecular weight is 287 g/mol. The van der Waals surface area contributed by atoms with Gasteiger partial charge in [-0.3, -0.25) is 0 Å². The van der Waals surface area contributed by atoms with Crippen LogP contribution in [0.3, 0.4) is 0 Å². The number of fused-ring (bicyclic) bond motifs is 1. The molecule has 0 aliphatic carbocycles. The SMILES string of the molecule is Cc1cc2c(cc1SBr)C(C)(C)CCO2. The third kappa shape index (κ3) is 2.04. The van der Waals surface area contributed by atoms with Crippen LogP contribution >= 0.6 is 25.0 Å². The van der Waals surface area contributed by atoms with Crippen molar-refractivity contribution in [2.24, 2.45) is 0 Å². The molecule has 1 aromatic carbocycles. The molecule has 0 spiro atoms. The highest BCUT2D eigenvalue weighted by molar-refractivity contribution is 9.50. The largest absolute Gasteiger partial charge is 0.493 e. The van der Waals surface area contributed by atoms with Crippen LogP contribution in [0.4, 0.5) is 0 Å². The molecule has 0 radical (unpaired) electrons. The molecule has 1 aromatic rings. The zero-order valence-electron chi connectivity index (χ0n) is 9.26. The molecule has 0 bridgehead atoms. The highest BCUT2D eigenvalue weighted by Gasteiger charge is 2.29. The summed E-state index contributed by atoms with van der Waals surface area (Å²) in [5.41, 5.74) is 2.84. The maximum absolute atomic E-state index is 5.71. The summed E-state index contributed by atoms with van der Waals surface area (Å²) in [4.78, 5) is 1.28. The van der Waals surface area contributed by atoms with Gasteiger partial charge in [0.05, 0.1) is 6.61 Å². The number of ether oxygens (including phenoxy) is 1. The van der Waals surface area contributed by atoms with Gasteiger partial charge in [0.15, 0.2) is 0 Å². The predicted octanol–water partition coefficient (Wildman–Crippen LogP) is 4.46. The number of aryl methyl sites for hydroxylation is 1. The first kappa shape index (κ1) is 11.3. The summed E-state index contributed by atoms with van der Waals surface area (Å²) in [7, 11) is 1.63. The van der Waals surface area contributed by atoms with Gasteiger partial charge < -0.3 is 4.74 Å². The second-order valence-electron chi connectivity index (χ2n) is 4.67. The van der Waals surface area contributed by atoms with E-state index < -0.39 is 0 Å². The number of benzene rings is 1. The van der Waals surface area contributed by atoms with Crippen molar-refractivity contribution in [3.63, 3.8) is 0 Å². The molecule has 82 valence electrons. The first-order valence-electron chi connectivity index (χ1n) is 5.11. The Morgan fingerprint density at radius 3 is 2.80 bits per heavy atom. The summed E-state index contributed by atoms with van der Waals surface area (Å²) in [6.45, 7) is 7.52. The lowest BCUT2D eigenvalue weighted by Crippen LogP contribution is -2.26. The van der Waals surface area contributed by atoms with Gasteiger partial charge >= 0.3 is 0 Å². The molecule has 0 N–H and O–H groups in total. The second-order valence-corrected chi connectivity index (χ2v) is 6.24. The molecule has 0 saturated carbocycles. The Balaban J connectivity index is 2.56. The fourth-order valence-electron chi connectivity index (χ4n) is 1.94. The lowest BCUT2D eigenvalue weighted by Gasteiger charge is -2.33. The first-order valence-corrected chi connectivity index (χ1v) is 7.77. The van der Waals surface area contributed by atoms with Gasteiger partial charge in [-0.05, 0) is 61.5 Å². The van der Waals surface area contributed by atoms with Crippen molar-refractivity contribution in [3.05, 3.63) is 23.3 Å². The van der Waals surface area contributed by atoms with Gasteiger partial charge in [-0.25, -0.2) is 0 Å². The van der Waals surface area contributed by atoms with E-state index in [0.717, 1.165) is 18.8 Å². The van der Waals surface area contributed by atoms with Crippen LogP contribution in [0.5, 0.6) is 5.75 Å². The van der Waals surface area contributed by atoms with Crippen LogP contribution in [0.1, 0.15) is 31.4 Å². The average Bonchev–Trinajstić information content (AvgIpc) is 2.16. The molecule has 0 amide bonds. The van der Waals surface area contributed by atoms with Crippen molar-refractivity contribution < 1.29 is 4.74 Å². The highest BCUT2D eigenvalue weighted by Crippen LogP contribution is 2.42. The molecule has 0 unspecified atom stereocenters. The lowest BCUT2D eigenvalue weighted by atomic mass is 9.79. The van der Waals surface area contributed by atoms with E-state index in [1.54, 1.807) is 10.2 Å². The van der Waals surface area contributed by atoms with Gasteiger partial charge in [0.2, 0.25) is 0 Å². The van der Waals surface area contributed by atoms with Crippen LogP contribution in [-0.2, 0) is 5.41 Å². The Morgan fingerprint density at radius 1 is 1.40 bits per heavy atom. The van der Waals surface area contributed by atoms with Crippen LogP contribution in [0.2, 0.25) is 0 Å². The zero-order valence-corrected chi connectivity index (χ0v) is 11.7. The summed E-state index contributed by atoms with van der Waals surface area (Å²) in [5.74, 6) is 1.06. The van der Waals surface area contributed by atoms with E-state index in [0.29, 0.717) is 0 Å². The third-order valence-corrected chi connectivity index (χ3v) is 4.73. The second kappa shape index (κ2) is 4.02. The van der Waals surface area contributed by atoms with E-state index >= 15 is 0 Å². The maximum atomic E-state index is 5.71. The molecular weight excluding hydrogens is 272 g/mol. The van der Waals surface area contributed by atoms with E-state index in [2.05, 4.69) is 47.7 Å². The lowest BCUT2D eigenvalue weighted by molar-refractivity contribution is 0.233. The van der Waals surface area contributed by atoms with Gasteiger partial charge in [-0.15, -0.1) is 0 Å². The topological polar surface area (TPSA) is 9.23 Å². The molecule has 1 nitrogen and oxygen atoms in total. The summed E-state index contributed by atoms with van der Waals surface area (Å²) in [6, 6.07) is 4.41. The first-order chi connectivity index (χ1) is 7.04. The monoisotopic (exact) mass is 286 g/mol. The minimum atomic E-state index is 0.235. The Labute approximate surface area is 103 Å². The van der Waals surface area contributed by atoms with Crippen LogP contribution in [0.25, 0.3) is 0 Å². The van der Waals surface area contributed by atoms with E-state index in [1.165, 1.54) is 16.0 Å². The van der Waals surface area contributed by atoms with Crippen molar-refractivity contribution in [2.45, 2.75) is 37.5 Å². The molecule has 1 aliphatic rings. The maximum Gasteiger partial charge on any atom is 0.123 e. The van der Waals surface area contributed by atoms with E-state index in [4.69, 9.17) is 4.74 Å². The summed E-state index contributed by atoms with van der Waals surface area (Å²) in [5, 5.41) is 0. The normalized spacial score (nSPS) is 18.1. The number of rotatable bonds is 1. The van der Waals surface area contributed by atoms with E-state index in [9.17, 15) is 0 Å². The summed E-state index contributed by atoms with van der Waals surface area (Å²) < 4.78 is 5.71. The fraction of sp³-hybridized carbons (Fsp3) is 0.500. The van der Waals surface area contributed by atoms with Crippen LogP contribution in [0.15, 0.2) is 17.0 Å². The van der Waals surface area contributed by atoms with Crippen molar-refractivity contribution in [1.29, 1.82) is 0 Å². The Bertz CT molecular complexity index is 387. The van der Waals surface area contributed by atoms with Crippen molar-refractivity contribution in [1.82, 2.24) is 0 Å². The summed E-state index contributed by atoms with van der Waals surface area (Å²) in [6.07, 6.45) is 1.09. The Morgan fingerprint density at radius 2 is 2.13 bits per heavy atom. The van der Waals surface area contributed by atoms with Gasteiger partial charge in [-0.2, -0.15) is 0 Å². The number of halogens is 1. The molecule has 0 aromatic heterocycles. The molecule has 0 saturated heterocycles. The van der Waals surface area contributed by atoms with Crippen LogP contribution < -0.4 is 4.74 Å². The molecule has 0 fully saturated rings. The standard InChI is InChI=1S/C12H15BrOS/c1-8-6-10-9(7-11(8)15-13)12(2,3)4-5-14-10/h6-7H,4-5H2,1-3H3. The molecule has 1 aliphatic heterocycles. The predicted molar refractivity (Wildman–Crippen MR) is 69.1 cm³/mol. The highest BCUT2D eigenvalue weighted by atomic mass is 79.9. The molecule has 3 heteroatoms. The van der Waals surface area contributed by atoms with Crippen LogP contribution in [0, 0.1) is 6.92 Å². The Hall–Kier alpha value is -0.150. The quantitative estimate of drug-likeness (QED) is 0.754. The molecular formula is C12H15BrOS. The zero-order chi connectivity index (χ0) is 11.1. The van der Waals surface area contributed by atoms with Crippen molar-refractivity contribution in [3.8, 4) is 5.75 Å². The van der Waals surface area contributed by atoms with Gasteiger partial charge in [0.25, 0.3) is 0 Å². The van der Waals surface area contributed by atoms with Gasteiger partial charge in [0.1, 0.15) is 5.75 Å². The molecule has 0 atom stereocenters.